The van der Waals surface area contributed by atoms with E-state index in [9.17, 15) is 4.39 Å². The summed E-state index contributed by atoms with van der Waals surface area (Å²) in [6.45, 7) is 6.13. The van der Waals surface area contributed by atoms with Crippen LogP contribution >= 0.6 is 0 Å². The number of fused-ring (bicyclic) bond motifs is 3. The van der Waals surface area contributed by atoms with Crippen molar-refractivity contribution in [3.63, 3.8) is 0 Å². The van der Waals surface area contributed by atoms with Crippen LogP contribution in [0.25, 0.3) is 0 Å². The van der Waals surface area contributed by atoms with Crippen LogP contribution in [0, 0.1) is 5.41 Å². The molecule has 0 bridgehead atoms. The van der Waals surface area contributed by atoms with Gasteiger partial charge in [-0.25, -0.2) is 4.99 Å². The molecular weight excluding hydrogens is 369 g/mol. The monoisotopic (exact) mass is 401 g/mol. The third kappa shape index (κ3) is 3.45. The van der Waals surface area contributed by atoms with Gasteiger partial charge in [0.15, 0.2) is 5.66 Å². The summed E-state index contributed by atoms with van der Waals surface area (Å²) in [5.74, 6) is 1.28. The Bertz CT molecular complexity index is 807. The first-order chi connectivity index (χ1) is 13.9. The van der Waals surface area contributed by atoms with Crippen LogP contribution in [-0.2, 0) is 16.8 Å². The van der Waals surface area contributed by atoms with Crippen LogP contribution in [0.4, 0.5) is 4.39 Å². The minimum absolute atomic E-state index is 0.0773. The normalized spacial score (nSPS) is 30.7. The summed E-state index contributed by atoms with van der Waals surface area (Å²) >= 11 is 0. The van der Waals surface area contributed by atoms with Gasteiger partial charge in [0.05, 0.1) is 31.2 Å². The number of rotatable bonds is 6. The van der Waals surface area contributed by atoms with Gasteiger partial charge in [-0.1, -0.05) is 6.07 Å². The van der Waals surface area contributed by atoms with Crippen LogP contribution in [0.5, 0.6) is 5.75 Å². The largest absolute Gasteiger partial charge is 0.493 e. The molecule has 0 aromatic heterocycles. The molecule has 158 valence electrons. The molecule has 0 radical (unpaired) electrons. The Morgan fingerprint density at radius 3 is 2.62 bits per heavy atom. The van der Waals surface area contributed by atoms with E-state index in [-0.39, 0.29) is 18.2 Å². The number of hydrogen-bond donors (Lipinski definition) is 1. The first kappa shape index (κ1) is 20.3. The fraction of sp³-hybridized carbons (Fsp3) is 0.652. The van der Waals surface area contributed by atoms with E-state index in [0.717, 1.165) is 49.1 Å². The molecule has 2 spiro atoms. The summed E-state index contributed by atoms with van der Waals surface area (Å²) in [5, 5.41) is 0. The van der Waals surface area contributed by atoms with E-state index >= 15 is 0 Å². The van der Waals surface area contributed by atoms with Crippen molar-refractivity contribution in [2.45, 2.75) is 77.2 Å². The Hall–Kier alpha value is -1.95. The molecule has 1 fully saturated rings. The quantitative estimate of drug-likeness (QED) is 0.722. The average molecular weight is 402 g/mol. The Morgan fingerprint density at radius 2 is 2.00 bits per heavy atom. The summed E-state index contributed by atoms with van der Waals surface area (Å²) in [7, 11) is 0. The lowest BCUT2D eigenvalue weighted by atomic mass is 9.65. The molecule has 1 aliphatic heterocycles. The van der Waals surface area contributed by atoms with Crippen LogP contribution in [0.3, 0.4) is 0 Å². The van der Waals surface area contributed by atoms with Crippen LogP contribution in [0.15, 0.2) is 28.2 Å². The van der Waals surface area contributed by atoms with Gasteiger partial charge in [-0.3, -0.25) is 9.38 Å². The Morgan fingerprint density at radius 1 is 1.24 bits per heavy atom. The van der Waals surface area contributed by atoms with Gasteiger partial charge in [0.1, 0.15) is 11.6 Å². The Kier molecular flexibility index (Phi) is 5.40. The highest BCUT2D eigenvalue weighted by Gasteiger charge is 2.60. The van der Waals surface area contributed by atoms with Crippen molar-refractivity contribution in [2.75, 3.05) is 13.3 Å². The summed E-state index contributed by atoms with van der Waals surface area (Å²) in [6, 6.07) is 6.16. The second kappa shape index (κ2) is 7.71. The van der Waals surface area contributed by atoms with Crippen molar-refractivity contribution in [1.82, 2.24) is 0 Å². The van der Waals surface area contributed by atoms with Gasteiger partial charge < -0.3 is 15.2 Å². The van der Waals surface area contributed by atoms with Crippen molar-refractivity contribution in [1.29, 1.82) is 0 Å². The van der Waals surface area contributed by atoms with E-state index in [4.69, 9.17) is 25.2 Å². The number of amidine groups is 1. The SMILES string of the molecule is CC1=NC2(N=C1N)c1cc(OCCCF)ccc1C[C@]21CC[C@@H](OC(C)C)CC1. The van der Waals surface area contributed by atoms with Crippen LogP contribution in [0.2, 0.25) is 0 Å². The maximum Gasteiger partial charge on any atom is 0.184 e. The number of halogens is 1. The molecule has 1 atom stereocenters. The molecule has 1 heterocycles. The predicted molar refractivity (Wildman–Crippen MR) is 114 cm³/mol. The molecule has 4 rings (SSSR count). The lowest BCUT2D eigenvalue weighted by Crippen LogP contribution is -2.44. The molecule has 29 heavy (non-hydrogen) atoms. The first-order valence-corrected chi connectivity index (χ1v) is 10.8. The van der Waals surface area contributed by atoms with Gasteiger partial charge in [-0.05, 0) is 70.6 Å². The van der Waals surface area contributed by atoms with Gasteiger partial charge in [0.25, 0.3) is 0 Å². The van der Waals surface area contributed by atoms with E-state index in [1.807, 2.05) is 13.0 Å². The van der Waals surface area contributed by atoms with Crippen molar-refractivity contribution in [2.24, 2.45) is 21.1 Å². The fourth-order valence-corrected chi connectivity index (χ4v) is 5.27. The zero-order valence-electron chi connectivity index (χ0n) is 17.7. The zero-order valence-corrected chi connectivity index (χ0v) is 17.7. The highest BCUT2D eigenvalue weighted by molar-refractivity contribution is 6.41. The second-order valence-corrected chi connectivity index (χ2v) is 8.92. The van der Waals surface area contributed by atoms with E-state index in [2.05, 4.69) is 26.0 Å². The molecular formula is C23H32FN3O2. The van der Waals surface area contributed by atoms with E-state index in [0.29, 0.717) is 25.0 Å². The molecule has 5 nitrogen and oxygen atoms in total. The highest BCUT2D eigenvalue weighted by atomic mass is 19.1. The van der Waals surface area contributed by atoms with Crippen molar-refractivity contribution in [3.05, 3.63) is 29.3 Å². The number of ether oxygens (including phenoxy) is 2. The highest BCUT2D eigenvalue weighted by Crippen LogP contribution is 2.62. The number of benzene rings is 1. The standard InChI is InChI=1S/C23H32FN3O2/c1-15(2)29-18-7-9-22(10-8-18)14-17-5-6-19(28-12-4-11-24)13-20(17)23(22)26-16(3)21(25)27-23/h5-6,13,15,18H,4,7-12,14H2,1-3H3,(H2,25,27)/t18-,22-,23?. The fourth-order valence-electron chi connectivity index (χ4n) is 5.27. The molecule has 1 aromatic carbocycles. The number of alkyl halides is 1. The molecule has 0 saturated heterocycles. The van der Waals surface area contributed by atoms with Gasteiger partial charge >= 0.3 is 0 Å². The van der Waals surface area contributed by atoms with Crippen molar-refractivity contribution in [3.8, 4) is 5.75 Å². The summed E-state index contributed by atoms with van der Waals surface area (Å²) in [4.78, 5) is 10.1. The number of hydrogen-bond acceptors (Lipinski definition) is 5. The van der Waals surface area contributed by atoms with Gasteiger partial charge in [0, 0.05) is 17.4 Å². The summed E-state index contributed by atoms with van der Waals surface area (Å²) in [6.07, 6.45) is 5.91. The number of nitrogens with zero attached hydrogens (tertiary/aromatic N) is 2. The lowest BCUT2D eigenvalue weighted by Gasteiger charge is -2.45. The minimum Gasteiger partial charge on any atom is -0.493 e. The summed E-state index contributed by atoms with van der Waals surface area (Å²) in [5.41, 5.74) is 8.65. The minimum atomic E-state index is -0.668. The maximum absolute atomic E-state index is 12.5. The van der Waals surface area contributed by atoms with Crippen molar-refractivity contribution < 1.29 is 13.9 Å². The van der Waals surface area contributed by atoms with Gasteiger partial charge in [0.2, 0.25) is 0 Å². The molecule has 1 aromatic rings. The molecule has 2 aliphatic carbocycles. The third-order valence-electron chi connectivity index (χ3n) is 6.61. The van der Waals surface area contributed by atoms with E-state index in [1.54, 1.807) is 0 Å². The maximum atomic E-state index is 12.5. The number of nitrogens with two attached hydrogens (primary N) is 1. The molecule has 2 N–H and O–H groups in total. The van der Waals surface area contributed by atoms with Crippen LogP contribution in [0.1, 0.15) is 64.0 Å². The average Bonchev–Trinajstić information content (AvgIpc) is 3.12. The van der Waals surface area contributed by atoms with E-state index in [1.165, 1.54) is 5.56 Å². The van der Waals surface area contributed by atoms with Crippen LogP contribution in [-0.4, -0.2) is 37.0 Å². The van der Waals surface area contributed by atoms with E-state index < -0.39 is 5.66 Å². The Labute approximate surface area is 172 Å². The lowest BCUT2D eigenvalue weighted by molar-refractivity contribution is -0.0485. The summed E-state index contributed by atoms with van der Waals surface area (Å²) < 4.78 is 24.3. The zero-order chi connectivity index (χ0) is 20.6. The topological polar surface area (TPSA) is 69.2 Å². The second-order valence-electron chi connectivity index (χ2n) is 8.92. The van der Waals surface area contributed by atoms with Crippen molar-refractivity contribution >= 4 is 11.5 Å². The predicted octanol–water partition coefficient (Wildman–Crippen LogP) is 4.32. The third-order valence-corrected chi connectivity index (χ3v) is 6.61. The smallest absolute Gasteiger partial charge is 0.184 e. The van der Waals surface area contributed by atoms with Gasteiger partial charge in [-0.2, -0.15) is 0 Å². The molecule has 0 amide bonds. The Balaban J connectivity index is 1.68. The first-order valence-electron chi connectivity index (χ1n) is 10.8. The number of aliphatic imine (C=N–C) groups is 2. The molecule has 6 heteroatoms. The molecule has 1 unspecified atom stereocenters. The molecule has 3 aliphatic rings. The molecule has 1 saturated carbocycles. The van der Waals surface area contributed by atoms with Crippen LogP contribution < -0.4 is 10.5 Å². The van der Waals surface area contributed by atoms with Gasteiger partial charge in [-0.15, -0.1) is 0 Å².